The Labute approximate surface area is 85.7 Å². The third kappa shape index (κ3) is 1.69. The van der Waals surface area contributed by atoms with E-state index in [0.717, 1.165) is 11.3 Å². The average molecular weight is 209 g/mol. The number of aromatic nitrogens is 2. The molecule has 0 unspecified atom stereocenters. The highest BCUT2D eigenvalue weighted by Crippen LogP contribution is 2.22. The Balaban J connectivity index is 2.26. The van der Waals surface area contributed by atoms with Crippen LogP contribution in [0.4, 0.5) is 0 Å². The lowest BCUT2D eigenvalue weighted by atomic mass is 10.2. The molecule has 0 spiro atoms. The van der Waals surface area contributed by atoms with E-state index in [1.807, 2.05) is 24.4 Å². The van der Waals surface area contributed by atoms with Crippen molar-refractivity contribution in [3.8, 4) is 10.7 Å². The fourth-order valence-electron chi connectivity index (χ4n) is 1.07. The zero-order valence-corrected chi connectivity index (χ0v) is 8.62. The molecule has 2 aromatic heterocycles. The molecule has 4 nitrogen and oxygen atoms in total. The van der Waals surface area contributed by atoms with Gasteiger partial charge in [0.1, 0.15) is 0 Å². The monoisotopic (exact) mass is 209 g/mol. The molecule has 0 aliphatic carbocycles. The second-order valence-electron chi connectivity index (χ2n) is 2.95. The van der Waals surface area contributed by atoms with Crippen LogP contribution in [0.1, 0.15) is 25.3 Å². The second-order valence-corrected chi connectivity index (χ2v) is 3.90. The number of rotatable bonds is 3. The summed E-state index contributed by atoms with van der Waals surface area (Å²) in [6.07, 6.45) is 0.798. The summed E-state index contributed by atoms with van der Waals surface area (Å²) < 4.78 is 5.06. The van der Waals surface area contributed by atoms with Crippen LogP contribution in [0.15, 0.2) is 22.0 Å². The highest BCUT2D eigenvalue weighted by molar-refractivity contribution is 7.13. The molecule has 0 bridgehead atoms. The second kappa shape index (κ2) is 3.89. The molecule has 0 radical (unpaired) electrons. The minimum absolute atomic E-state index is 0.156. The normalized spacial score (nSPS) is 13.0. The maximum absolute atomic E-state index is 5.77. The van der Waals surface area contributed by atoms with Crippen molar-refractivity contribution in [3.05, 3.63) is 23.4 Å². The third-order valence-electron chi connectivity index (χ3n) is 1.94. The average Bonchev–Trinajstić information content (AvgIpc) is 2.86. The minimum atomic E-state index is -0.156. The Morgan fingerprint density at radius 2 is 2.50 bits per heavy atom. The maximum atomic E-state index is 5.77. The molecule has 0 fully saturated rings. The number of nitrogens with zero attached hydrogens (tertiary/aromatic N) is 2. The maximum Gasteiger partial charge on any atom is 0.243 e. The van der Waals surface area contributed by atoms with Crippen LogP contribution in [0.5, 0.6) is 0 Å². The lowest BCUT2D eigenvalue weighted by Gasteiger charge is -1.98. The Bertz CT molecular complexity index is 396. The number of hydrogen-bond acceptors (Lipinski definition) is 5. The quantitative estimate of drug-likeness (QED) is 0.841. The fraction of sp³-hybridized carbons (Fsp3) is 0.333. The summed E-state index contributed by atoms with van der Waals surface area (Å²) in [5.41, 5.74) is 5.77. The molecule has 0 saturated heterocycles. The summed E-state index contributed by atoms with van der Waals surface area (Å²) in [5.74, 6) is 1.13. The van der Waals surface area contributed by atoms with E-state index >= 15 is 0 Å². The van der Waals surface area contributed by atoms with Crippen LogP contribution in [0.2, 0.25) is 0 Å². The van der Waals surface area contributed by atoms with E-state index < -0.39 is 0 Å². The summed E-state index contributed by atoms with van der Waals surface area (Å²) in [6, 6.07) is 3.75. The first-order chi connectivity index (χ1) is 6.81. The van der Waals surface area contributed by atoms with Gasteiger partial charge in [-0.15, -0.1) is 11.3 Å². The van der Waals surface area contributed by atoms with Gasteiger partial charge in [-0.3, -0.25) is 0 Å². The molecule has 0 aliphatic heterocycles. The standard InChI is InChI=1S/C9H11N3OS/c1-2-6(10)9-11-8(12-13-9)7-4-3-5-14-7/h3-6H,2,10H2,1H3/t6-/m0/s1. The first kappa shape index (κ1) is 9.36. The van der Waals surface area contributed by atoms with Gasteiger partial charge >= 0.3 is 0 Å². The molecule has 2 heterocycles. The fourth-order valence-corrected chi connectivity index (χ4v) is 1.72. The van der Waals surface area contributed by atoms with Gasteiger partial charge in [0.05, 0.1) is 10.9 Å². The SMILES string of the molecule is CC[C@H](N)c1nc(-c2cccs2)no1. The van der Waals surface area contributed by atoms with Crippen molar-refractivity contribution in [1.29, 1.82) is 0 Å². The molecule has 0 amide bonds. The lowest BCUT2D eigenvalue weighted by Crippen LogP contribution is -2.08. The van der Waals surface area contributed by atoms with E-state index in [1.165, 1.54) is 0 Å². The summed E-state index contributed by atoms with van der Waals surface area (Å²) in [5, 5.41) is 5.85. The number of nitrogens with two attached hydrogens (primary N) is 1. The van der Waals surface area contributed by atoms with Gasteiger partial charge in [0.15, 0.2) is 0 Å². The third-order valence-corrected chi connectivity index (χ3v) is 2.81. The lowest BCUT2D eigenvalue weighted by molar-refractivity contribution is 0.352. The van der Waals surface area contributed by atoms with Crippen LogP contribution in [-0.2, 0) is 0 Å². The molecule has 0 aliphatic rings. The molecule has 2 rings (SSSR count). The molecular weight excluding hydrogens is 198 g/mol. The number of hydrogen-bond donors (Lipinski definition) is 1. The highest BCUT2D eigenvalue weighted by atomic mass is 32.1. The zero-order chi connectivity index (χ0) is 9.97. The van der Waals surface area contributed by atoms with Gasteiger partial charge in [-0.05, 0) is 17.9 Å². The van der Waals surface area contributed by atoms with E-state index in [4.69, 9.17) is 10.3 Å². The van der Waals surface area contributed by atoms with Gasteiger partial charge in [-0.1, -0.05) is 18.1 Å². The Kier molecular flexibility index (Phi) is 2.60. The van der Waals surface area contributed by atoms with Crippen LogP contribution in [0.3, 0.4) is 0 Å². The molecule has 74 valence electrons. The van der Waals surface area contributed by atoms with Gasteiger partial charge in [0, 0.05) is 0 Å². The van der Waals surface area contributed by atoms with Crippen molar-refractivity contribution >= 4 is 11.3 Å². The van der Waals surface area contributed by atoms with E-state index in [2.05, 4.69) is 10.1 Å². The summed E-state index contributed by atoms with van der Waals surface area (Å²) in [6.45, 7) is 1.99. The molecule has 2 N–H and O–H groups in total. The van der Waals surface area contributed by atoms with Gasteiger partial charge in [-0.2, -0.15) is 4.98 Å². The minimum Gasteiger partial charge on any atom is -0.337 e. The summed E-state index contributed by atoms with van der Waals surface area (Å²) in [7, 11) is 0. The van der Waals surface area contributed by atoms with Crippen molar-refractivity contribution in [1.82, 2.24) is 10.1 Å². The Morgan fingerprint density at radius 3 is 3.14 bits per heavy atom. The van der Waals surface area contributed by atoms with Crippen molar-refractivity contribution < 1.29 is 4.52 Å². The van der Waals surface area contributed by atoms with Gasteiger partial charge in [-0.25, -0.2) is 0 Å². The van der Waals surface area contributed by atoms with E-state index in [9.17, 15) is 0 Å². The molecule has 0 aromatic carbocycles. The topological polar surface area (TPSA) is 64.9 Å². The highest BCUT2D eigenvalue weighted by Gasteiger charge is 2.13. The van der Waals surface area contributed by atoms with Crippen LogP contribution >= 0.6 is 11.3 Å². The predicted octanol–water partition coefficient (Wildman–Crippen LogP) is 2.21. The predicted molar refractivity (Wildman–Crippen MR) is 54.8 cm³/mol. The smallest absolute Gasteiger partial charge is 0.243 e. The van der Waals surface area contributed by atoms with Gasteiger partial charge in [0.25, 0.3) is 0 Å². The Hall–Kier alpha value is -1.20. The summed E-state index contributed by atoms with van der Waals surface area (Å²) >= 11 is 1.58. The van der Waals surface area contributed by atoms with Crippen molar-refractivity contribution in [3.63, 3.8) is 0 Å². The zero-order valence-electron chi connectivity index (χ0n) is 7.80. The van der Waals surface area contributed by atoms with Gasteiger partial charge < -0.3 is 10.3 Å². The molecule has 1 atom stereocenters. The van der Waals surface area contributed by atoms with Crippen molar-refractivity contribution in [2.75, 3.05) is 0 Å². The van der Waals surface area contributed by atoms with Crippen molar-refractivity contribution in [2.45, 2.75) is 19.4 Å². The van der Waals surface area contributed by atoms with Crippen LogP contribution < -0.4 is 5.73 Å². The molecular formula is C9H11N3OS. The number of thiophene rings is 1. The first-order valence-electron chi connectivity index (χ1n) is 4.44. The first-order valence-corrected chi connectivity index (χ1v) is 5.32. The van der Waals surface area contributed by atoms with Crippen LogP contribution in [-0.4, -0.2) is 10.1 Å². The van der Waals surface area contributed by atoms with E-state index in [1.54, 1.807) is 11.3 Å². The molecule has 14 heavy (non-hydrogen) atoms. The molecule has 2 aromatic rings. The summed E-state index contributed by atoms with van der Waals surface area (Å²) in [4.78, 5) is 5.23. The van der Waals surface area contributed by atoms with Gasteiger partial charge in [0.2, 0.25) is 11.7 Å². The van der Waals surface area contributed by atoms with Crippen molar-refractivity contribution in [2.24, 2.45) is 5.73 Å². The molecule has 0 saturated carbocycles. The van der Waals surface area contributed by atoms with Crippen LogP contribution in [0.25, 0.3) is 10.7 Å². The van der Waals surface area contributed by atoms with E-state index in [0.29, 0.717) is 11.7 Å². The Morgan fingerprint density at radius 1 is 1.64 bits per heavy atom. The molecule has 5 heteroatoms. The largest absolute Gasteiger partial charge is 0.337 e. The van der Waals surface area contributed by atoms with Crippen LogP contribution in [0, 0.1) is 0 Å². The van der Waals surface area contributed by atoms with E-state index in [-0.39, 0.29) is 6.04 Å².